The number of hydrogen-bond donors (Lipinski definition) is 2. The molecule has 0 aliphatic heterocycles. The molecule has 0 saturated carbocycles. The summed E-state index contributed by atoms with van der Waals surface area (Å²) < 4.78 is 13.5. The van der Waals surface area contributed by atoms with Crippen LogP contribution in [0.15, 0.2) is 34.1 Å². The molecule has 2 aromatic heterocycles. The molecule has 3 aromatic rings. The van der Waals surface area contributed by atoms with Gasteiger partial charge in [0.05, 0.1) is 25.8 Å². The number of nitrogens with zero attached hydrogens (tertiary/aromatic N) is 4. The van der Waals surface area contributed by atoms with Crippen LogP contribution in [0.4, 0.5) is 5.82 Å². The minimum atomic E-state index is -0.584. The minimum Gasteiger partial charge on any atom is -0.497 e. The van der Waals surface area contributed by atoms with Crippen LogP contribution >= 0.6 is 12.2 Å². The van der Waals surface area contributed by atoms with Gasteiger partial charge in [0.25, 0.3) is 5.56 Å². The van der Waals surface area contributed by atoms with Crippen molar-refractivity contribution in [2.45, 2.75) is 20.4 Å². The minimum absolute atomic E-state index is 0.0728. The number of benzene rings is 1. The number of methoxy groups -OCH3 is 2. The monoisotopic (exact) mass is 453 g/mol. The van der Waals surface area contributed by atoms with E-state index in [2.05, 4.69) is 16.0 Å². The first-order chi connectivity index (χ1) is 15.3. The lowest BCUT2D eigenvalue weighted by Gasteiger charge is -2.11. The van der Waals surface area contributed by atoms with Crippen LogP contribution in [0.25, 0.3) is 5.69 Å². The van der Waals surface area contributed by atoms with Gasteiger partial charge in [0.15, 0.2) is 10.6 Å². The van der Waals surface area contributed by atoms with Crippen molar-refractivity contribution >= 4 is 24.3 Å². The highest BCUT2D eigenvalue weighted by Crippen LogP contribution is 2.32. The normalized spacial score (nSPS) is 11.1. The summed E-state index contributed by atoms with van der Waals surface area (Å²) in [6.45, 7) is 4.26. The molecule has 2 heterocycles. The Morgan fingerprint density at radius 1 is 1.28 bits per heavy atom. The molecule has 0 spiro atoms. The molecular formula is C22H23N5O4S. The molecule has 0 amide bonds. The van der Waals surface area contributed by atoms with E-state index in [0.29, 0.717) is 23.7 Å². The maximum absolute atomic E-state index is 12.5. The van der Waals surface area contributed by atoms with Crippen LogP contribution in [0.5, 0.6) is 11.6 Å². The predicted molar refractivity (Wildman–Crippen MR) is 123 cm³/mol. The average molecular weight is 454 g/mol. The van der Waals surface area contributed by atoms with Gasteiger partial charge in [-0.05, 0) is 55.9 Å². The lowest BCUT2D eigenvalue weighted by atomic mass is 10.2. The van der Waals surface area contributed by atoms with Gasteiger partial charge in [-0.1, -0.05) is 0 Å². The second-order valence-corrected chi connectivity index (χ2v) is 7.34. The van der Waals surface area contributed by atoms with Crippen molar-refractivity contribution in [2.75, 3.05) is 20.8 Å². The number of aromatic amines is 1. The molecule has 0 saturated heterocycles. The lowest BCUT2D eigenvalue weighted by molar-refractivity contribution is 0.182. The maximum atomic E-state index is 12.5. The number of rotatable bonds is 7. The zero-order valence-corrected chi connectivity index (χ0v) is 19.0. The number of aromatic nitrogens is 3. The number of ether oxygens (including phenoxy) is 2. The molecular weight excluding hydrogens is 430 g/mol. The van der Waals surface area contributed by atoms with E-state index in [1.807, 2.05) is 30.5 Å². The summed E-state index contributed by atoms with van der Waals surface area (Å²) in [7, 11) is 3.11. The third-order valence-electron chi connectivity index (χ3n) is 5.17. The van der Waals surface area contributed by atoms with Crippen LogP contribution in [0.2, 0.25) is 0 Å². The molecule has 0 aliphatic carbocycles. The van der Waals surface area contributed by atoms with Crippen molar-refractivity contribution in [3.05, 3.63) is 61.8 Å². The first-order valence-corrected chi connectivity index (χ1v) is 10.1. The number of hydrogen-bond acceptors (Lipinski definition) is 7. The number of nitriles is 1. The van der Waals surface area contributed by atoms with E-state index in [0.717, 1.165) is 16.9 Å². The fourth-order valence-corrected chi connectivity index (χ4v) is 3.57. The average Bonchev–Trinajstić information content (AvgIpc) is 3.02. The molecule has 2 N–H and O–H groups in total. The summed E-state index contributed by atoms with van der Waals surface area (Å²) >= 11 is 5.13. The van der Waals surface area contributed by atoms with E-state index in [9.17, 15) is 15.2 Å². The summed E-state index contributed by atoms with van der Waals surface area (Å²) in [6.07, 6.45) is 1.24. The maximum Gasteiger partial charge on any atom is 0.264 e. The molecule has 0 fully saturated rings. The van der Waals surface area contributed by atoms with Crippen LogP contribution in [-0.2, 0) is 11.3 Å². The van der Waals surface area contributed by atoms with Crippen molar-refractivity contribution in [1.29, 1.82) is 5.26 Å². The molecule has 0 atom stereocenters. The van der Waals surface area contributed by atoms with Crippen molar-refractivity contribution in [1.82, 2.24) is 14.1 Å². The smallest absolute Gasteiger partial charge is 0.264 e. The van der Waals surface area contributed by atoms with Gasteiger partial charge < -0.3 is 14.6 Å². The van der Waals surface area contributed by atoms with E-state index in [1.54, 1.807) is 19.2 Å². The Kier molecular flexibility index (Phi) is 6.92. The standard InChI is InChI=1S/C22H23N5O4S/c1-13-14(2)27(15-5-7-16(31-4)8-6-15)19(17(13)11-23)24-12-18-20(28)25-22(32)26(21(18)29)9-10-30-3/h5-8,12,29H,9-10H2,1-4H3,(H,25,28,32). The molecule has 9 nitrogen and oxygen atoms in total. The zero-order valence-electron chi connectivity index (χ0n) is 18.2. The number of H-pyrrole nitrogens is 1. The Labute approximate surface area is 189 Å². The quantitative estimate of drug-likeness (QED) is 0.419. The molecule has 0 radical (unpaired) electrons. The highest BCUT2D eigenvalue weighted by molar-refractivity contribution is 7.71. The predicted octanol–water partition coefficient (Wildman–Crippen LogP) is 3.30. The third-order valence-corrected chi connectivity index (χ3v) is 5.50. The van der Waals surface area contributed by atoms with Crippen LogP contribution in [0.1, 0.15) is 22.4 Å². The summed E-state index contributed by atoms with van der Waals surface area (Å²) in [5.74, 6) is 0.716. The highest BCUT2D eigenvalue weighted by atomic mass is 32.1. The Morgan fingerprint density at radius 2 is 1.97 bits per heavy atom. The van der Waals surface area contributed by atoms with E-state index < -0.39 is 5.56 Å². The number of aromatic hydroxyl groups is 1. The van der Waals surface area contributed by atoms with Gasteiger partial charge in [0.1, 0.15) is 17.4 Å². The molecule has 1 aromatic carbocycles. The molecule has 0 unspecified atom stereocenters. The van der Waals surface area contributed by atoms with Crippen molar-refractivity contribution < 1.29 is 14.6 Å². The molecule has 32 heavy (non-hydrogen) atoms. The van der Waals surface area contributed by atoms with Gasteiger partial charge in [0, 0.05) is 24.7 Å². The van der Waals surface area contributed by atoms with Crippen molar-refractivity contribution in [2.24, 2.45) is 4.99 Å². The van der Waals surface area contributed by atoms with Gasteiger partial charge in [0.2, 0.25) is 5.88 Å². The van der Waals surface area contributed by atoms with Gasteiger partial charge >= 0.3 is 0 Å². The summed E-state index contributed by atoms with van der Waals surface area (Å²) in [6, 6.07) is 9.49. The fraction of sp³-hybridized carbons (Fsp3) is 0.273. The van der Waals surface area contributed by atoms with Crippen molar-refractivity contribution in [3.8, 4) is 23.4 Å². The van der Waals surface area contributed by atoms with Gasteiger partial charge in [-0.2, -0.15) is 5.26 Å². The number of aliphatic imine (C=N–C) groups is 1. The van der Waals surface area contributed by atoms with E-state index >= 15 is 0 Å². The summed E-state index contributed by atoms with van der Waals surface area (Å²) in [4.78, 5) is 19.4. The summed E-state index contributed by atoms with van der Waals surface area (Å²) in [5, 5.41) is 20.4. The molecule has 3 rings (SSSR count). The van der Waals surface area contributed by atoms with Gasteiger partial charge in [-0.3, -0.25) is 18.9 Å². The van der Waals surface area contributed by atoms with E-state index in [1.165, 1.54) is 17.9 Å². The van der Waals surface area contributed by atoms with Crippen molar-refractivity contribution in [3.63, 3.8) is 0 Å². The van der Waals surface area contributed by atoms with Crippen LogP contribution < -0.4 is 10.3 Å². The zero-order chi connectivity index (χ0) is 23.4. The second kappa shape index (κ2) is 9.64. The molecule has 10 heteroatoms. The SMILES string of the molecule is COCCn1c(O)c(C=Nc2c(C#N)c(C)c(C)n2-c2ccc(OC)cc2)c(=O)[nH]c1=S. The van der Waals surface area contributed by atoms with Gasteiger partial charge in [-0.15, -0.1) is 0 Å². The Balaban J connectivity index is 2.17. The Hall–Kier alpha value is -3.68. The third kappa shape index (κ3) is 4.21. The van der Waals surface area contributed by atoms with Crippen LogP contribution in [0, 0.1) is 29.9 Å². The topological polar surface area (TPSA) is 118 Å². The number of nitrogens with one attached hydrogen (secondary N) is 1. The van der Waals surface area contributed by atoms with E-state index in [4.69, 9.17) is 21.7 Å². The Morgan fingerprint density at radius 3 is 2.56 bits per heavy atom. The molecule has 0 aliphatic rings. The summed E-state index contributed by atoms with van der Waals surface area (Å²) in [5.41, 5.74) is 2.08. The van der Waals surface area contributed by atoms with Crippen LogP contribution in [-0.4, -0.2) is 46.3 Å². The first kappa shape index (κ1) is 23.0. The highest BCUT2D eigenvalue weighted by Gasteiger charge is 2.19. The fourth-order valence-electron chi connectivity index (χ4n) is 3.30. The molecule has 166 valence electrons. The first-order valence-electron chi connectivity index (χ1n) is 9.69. The molecule has 0 bridgehead atoms. The van der Waals surface area contributed by atoms with E-state index in [-0.39, 0.29) is 22.8 Å². The largest absolute Gasteiger partial charge is 0.497 e. The second-order valence-electron chi connectivity index (χ2n) is 6.95. The lowest BCUT2D eigenvalue weighted by Crippen LogP contribution is -2.20. The van der Waals surface area contributed by atoms with Crippen LogP contribution in [0.3, 0.4) is 0 Å². The Bertz CT molecular complexity index is 1330. The van der Waals surface area contributed by atoms with Gasteiger partial charge in [-0.25, -0.2) is 4.99 Å².